The van der Waals surface area contributed by atoms with Gasteiger partial charge in [-0.15, -0.1) is 0 Å². The van der Waals surface area contributed by atoms with Gasteiger partial charge in [0, 0.05) is 38.3 Å². The van der Waals surface area contributed by atoms with Crippen LogP contribution in [0, 0.1) is 11.8 Å². The summed E-state index contributed by atoms with van der Waals surface area (Å²) in [5, 5.41) is 0.101. The van der Waals surface area contributed by atoms with Crippen LogP contribution in [-0.2, 0) is 20.0 Å². The third-order valence-electron chi connectivity index (χ3n) is 5.86. The summed E-state index contributed by atoms with van der Waals surface area (Å²) in [6.45, 7) is 4.14. The van der Waals surface area contributed by atoms with E-state index in [0.29, 0.717) is 26.2 Å². The molecule has 2 unspecified atom stereocenters. The second kappa shape index (κ2) is 9.74. The van der Waals surface area contributed by atoms with Gasteiger partial charge in [0.15, 0.2) is 0 Å². The molecule has 0 spiro atoms. The van der Waals surface area contributed by atoms with Gasteiger partial charge in [-0.3, -0.25) is 4.79 Å². The number of sulfonamides is 2. The fourth-order valence-corrected chi connectivity index (χ4v) is 6.84. The van der Waals surface area contributed by atoms with Gasteiger partial charge in [0.05, 0.1) is 11.3 Å². The Bertz CT molecular complexity index is 1030. The number of nitrogens with one attached hydrogen (secondary N) is 1. The molecule has 1 aromatic rings. The molecule has 2 aliphatic heterocycles. The van der Waals surface area contributed by atoms with E-state index in [-0.39, 0.29) is 39.8 Å². The van der Waals surface area contributed by atoms with Crippen LogP contribution in [0.1, 0.15) is 43.0 Å². The summed E-state index contributed by atoms with van der Waals surface area (Å²) in [7, 11) is -7.09. The Hall–Kier alpha value is -1.20. The third kappa shape index (κ3) is 6.19. The first kappa shape index (κ1) is 24.4. The number of amides is 1. The molecular formula is C20H30ClN3O5S2. The predicted molar refractivity (Wildman–Crippen MR) is 120 cm³/mol. The van der Waals surface area contributed by atoms with Gasteiger partial charge in [-0.2, -0.15) is 4.31 Å². The molecule has 2 heterocycles. The number of halogens is 1. The number of benzene rings is 1. The minimum atomic E-state index is -3.79. The second-order valence-electron chi connectivity index (χ2n) is 8.64. The third-order valence-corrected chi connectivity index (χ3v) is 8.89. The highest BCUT2D eigenvalue weighted by atomic mass is 35.5. The highest BCUT2D eigenvalue weighted by Crippen LogP contribution is 2.30. The number of rotatable bonds is 6. The van der Waals surface area contributed by atoms with Crippen molar-refractivity contribution in [3.63, 3.8) is 0 Å². The molecule has 0 bridgehead atoms. The Kier molecular flexibility index (Phi) is 7.68. The number of carbonyl (C=O) groups excluding carboxylic acids is 1. The SMILES string of the molecule is CC1CCCN(S(=O)(=O)c2cc(C(=O)N3CCCC(CNS(C)(=O)=O)C3)ccc2Cl)C1. The molecule has 1 amide bonds. The minimum Gasteiger partial charge on any atom is -0.338 e. The van der Waals surface area contributed by atoms with E-state index in [4.69, 9.17) is 11.6 Å². The summed E-state index contributed by atoms with van der Waals surface area (Å²) in [5.41, 5.74) is 0.268. The quantitative estimate of drug-likeness (QED) is 0.656. The molecule has 0 aromatic heterocycles. The highest BCUT2D eigenvalue weighted by molar-refractivity contribution is 7.89. The van der Waals surface area contributed by atoms with Crippen LogP contribution in [0.5, 0.6) is 0 Å². The summed E-state index contributed by atoms with van der Waals surface area (Å²) in [5.74, 6) is 0.0138. The Labute approximate surface area is 190 Å². The topological polar surface area (TPSA) is 104 Å². The summed E-state index contributed by atoms with van der Waals surface area (Å²) < 4.78 is 53.0. The van der Waals surface area contributed by atoms with Crippen molar-refractivity contribution in [3.8, 4) is 0 Å². The summed E-state index contributed by atoms with van der Waals surface area (Å²) in [6.07, 6.45) is 4.47. The maximum absolute atomic E-state index is 13.2. The lowest BCUT2D eigenvalue weighted by Gasteiger charge is -2.33. The molecule has 31 heavy (non-hydrogen) atoms. The summed E-state index contributed by atoms with van der Waals surface area (Å²) in [6, 6.07) is 4.38. The highest BCUT2D eigenvalue weighted by Gasteiger charge is 2.32. The number of hydrogen-bond acceptors (Lipinski definition) is 5. The van der Waals surface area contributed by atoms with Crippen molar-refractivity contribution in [2.45, 2.75) is 37.5 Å². The van der Waals surface area contributed by atoms with Gasteiger partial charge in [-0.1, -0.05) is 18.5 Å². The molecule has 174 valence electrons. The van der Waals surface area contributed by atoms with E-state index in [0.717, 1.165) is 31.9 Å². The van der Waals surface area contributed by atoms with Crippen molar-refractivity contribution < 1.29 is 21.6 Å². The smallest absolute Gasteiger partial charge is 0.253 e. The average molecular weight is 492 g/mol. The standard InChI is InChI=1S/C20H30ClN3O5S2/c1-15-5-3-10-24(13-15)31(28,29)19-11-17(7-8-18(19)21)20(25)23-9-4-6-16(14-23)12-22-30(2,26)27/h7-8,11,15-16,22H,3-6,9-10,12-14H2,1-2H3. The monoisotopic (exact) mass is 491 g/mol. The van der Waals surface area contributed by atoms with Crippen molar-refractivity contribution in [2.24, 2.45) is 11.8 Å². The lowest BCUT2D eigenvalue weighted by Crippen LogP contribution is -2.43. The van der Waals surface area contributed by atoms with Crippen molar-refractivity contribution >= 4 is 37.6 Å². The van der Waals surface area contributed by atoms with Crippen LogP contribution >= 0.6 is 11.6 Å². The molecule has 2 fully saturated rings. The number of nitrogens with zero attached hydrogens (tertiary/aromatic N) is 2. The van der Waals surface area contributed by atoms with Crippen LogP contribution < -0.4 is 4.72 Å². The van der Waals surface area contributed by atoms with E-state index in [1.165, 1.54) is 16.4 Å². The maximum atomic E-state index is 13.2. The number of carbonyl (C=O) groups is 1. The molecule has 8 nitrogen and oxygen atoms in total. The zero-order valence-corrected chi connectivity index (χ0v) is 20.3. The van der Waals surface area contributed by atoms with Gasteiger partial charge in [-0.05, 0) is 55.7 Å². The average Bonchev–Trinajstić information content (AvgIpc) is 2.71. The van der Waals surface area contributed by atoms with E-state index in [9.17, 15) is 21.6 Å². The van der Waals surface area contributed by atoms with Crippen LogP contribution in [0.25, 0.3) is 0 Å². The van der Waals surface area contributed by atoms with Gasteiger partial charge in [0.1, 0.15) is 4.90 Å². The zero-order chi connectivity index (χ0) is 22.8. The Morgan fingerprint density at radius 1 is 1.13 bits per heavy atom. The van der Waals surface area contributed by atoms with Gasteiger partial charge >= 0.3 is 0 Å². The molecule has 2 atom stereocenters. The van der Waals surface area contributed by atoms with Gasteiger partial charge in [-0.25, -0.2) is 21.6 Å². The second-order valence-corrected chi connectivity index (χ2v) is 12.8. The Morgan fingerprint density at radius 2 is 1.84 bits per heavy atom. The summed E-state index contributed by atoms with van der Waals surface area (Å²) in [4.78, 5) is 14.7. The molecule has 1 N–H and O–H groups in total. The molecule has 0 radical (unpaired) electrons. The van der Waals surface area contributed by atoms with Gasteiger partial charge in [0.2, 0.25) is 20.0 Å². The Morgan fingerprint density at radius 3 is 2.52 bits per heavy atom. The van der Waals surface area contributed by atoms with Crippen molar-refractivity contribution in [1.29, 1.82) is 0 Å². The molecule has 0 aliphatic carbocycles. The van der Waals surface area contributed by atoms with Crippen LogP contribution in [0.15, 0.2) is 23.1 Å². The minimum absolute atomic E-state index is 0.0118. The number of piperidine rings is 2. The van der Waals surface area contributed by atoms with Crippen LogP contribution in [0.2, 0.25) is 5.02 Å². The van der Waals surface area contributed by atoms with Gasteiger partial charge in [0.25, 0.3) is 5.91 Å². The van der Waals surface area contributed by atoms with Crippen molar-refractivity contribution in [1.82, 2.24) is 13.9 Å². The molecule has 1 aromatic carbocycles. The van der Waals surface area contributed by atoms with Crippen LogP contribution in [0.4, 0.5) is 0 Å². The number of hydrogen-bond donors (Lipinski definition) is 1. The molecule has 3 rings (SSSR count). The zero-order valence-electron chi connectivity index (χ0n) is 17.9. The lowest BCUT2D eigenvalue weighted by molar-refractivity contribution is 0.0676. The van der Waals surface area contributed by atoms with Gasteiger partial charge < -0.3 is 4.90 Å². The molecular weight excluding hydrogens is 462 g/mol. The van der Waals surface area contributed by atoms with E-state index >= 15 is 0 Å². The number of likely N-dealkylation sites (tertiary alicyclic amines) is 1. The first-order valence-corrected chi connectivity index (χ1v) is 14.2. The van der Waals surface area contributed by atoms with Crippen molar-refractivity contribution in [2.75, 3.05) is 39.0 Å². The van der Waals surface area contributed by atoms with Crippen molar-refractivity contribution in [3.05, 3.63) is 28.8 Å². The molecule has 2 saturated heterocycles. The molecule has 2 aliphatic rings. The van der Waals surface area contributed by atoms with Crippen LogP contribution in [0.3, 0.4) is 0 Å². The Balaban J connectivity index is 1.78. The predicted octanol–water partition coefficient (Wildman–Crippen LogP) is 2.16. The first-order chi connectivity index (χ1) is 14.5. The fourth-order valence-electron chi connectivity index (χ4n) is 4.21. The largest absolute Gasteiger partial charge is 0.338 e. The van der Waals surface area contributed by atoms with E-state index < -0.39 is 20.0 Å². The molecule has 0 saturated carbocycles. The summed E-state index contributed by atoms with van der Waals surface area (Å²) >= 11 is 6.24. The lowest BCUT2D eigenvalue weighted by atomic mass is 9.97. The molecule has 11 heteroatoms. The van der Waals surface area contributed by atoms with E-state index in [2.05, 4.69) is 4.72 Å². The van der Waals surface area contributed by atoms with Crippen LogP contribution in [-0.4, -0.2) is 70.9 Å². The fraction of sp³-hybridized carbons (Fsp3) is 0.650. The van der Waals surface area contributed by atoms with E-state index in [1.807, 2.05) is 6.92 Å². The maximum Gasteiger partial charge on any atom is 0.253 e. The first-order valence-electron chi connectivity index (χ1n) is 10.5. The van der Waals surface area contributed by atoms with E-state index in [1.54, 1.807) is 11.0 Å². The normalized spacial score (nSPS) is 23.6.